The van der Waals surface area contributed by atoms with Crippen molar-refractivity contribution >= 4 is 5.97 Å². The van der Waals surface area contributed by atoms with Crippen molar-refractivity contribution in [2.75, 3.05) is 20.3 Å². The van der Waals surface area contributed by atoms with Crippen LogP contribution in [0.15, 0.2) is 0 Å². The van der Waals surface area contributed by atoms with Crippen LogP contribution in [-0.4, -0.2) is 31.3 Å². The Morgan fingerprint density at radius 2 is 2.07 bits per heavy atom. The van der Waals surface area contributed by atoms with Crippen molar-refractivity contribution in [3.63, 3.8) is 0 Å². The number of carbonyl (C=O) groups is 1. The fraction of sp³-hybridized carbons (Fsp3) is 0.900. The van der Waals surface area contributed by atoms with Crippen LogP contribution in [0, 0.1) is 5.41 Å². The van der Waals surface area contributed by atoms with Crippen molar-refractivity contribution in [1.82, 2.24) is 0 Å². The Kier molecular flexibility index (Phi) is 6.49. The Morgan fingerprint density at radius 1 is 1.43 bits per heavy atom. The molecule has 0 amide bonds. The lowest BCUT2D eigenvalue weighted by molar-refractivity contribution is -0.151. The van der Waals surface area contributed by atoms with Crippen LogP contribution in [0.5, 0.6) is 0 Å². The van der Waals surface area contributed by atoms with E-state index in [1.165, 1.54) is 7.11 Å². The average molecular weight is 203 g/mol. The van der Waals surface area contributed by atoms with Crippen molar-refractivity contribution < 1.29 is 14.6 Å². The molecule has 14 heavy (non-hydrogen) atoms. The maximum Gasteiger partial charge on any atom is 0.312 e. The molecule has 0 aliphatic heterocycles. The van der Waals surface area contributed by atoms with E-state index in [9.17, 15) is 4.79 Å². The second kappa shape index (κ2) is 6.79. The first-order valence-corrected chi connectivity index (χ1v) is 5.00. The zero-order valence-corrected chi connectivity index (χ0v) is 9.08. The van der Waals surface area contributed by atoms with E-state index in [1.54, 1.807) is 0 Å². The fourth-order valence-corrected chi connectivity index (χ4v) is 1.34. The zero-order valence-electron chi connectivity index (χ0n) is 9.08. The minimum atomic E-state index is -0.565. The van der Waals surface area contributed by atoms with Crippen molar-refractivity contribution in [2.45, 2.75) is 32.6 Å². The lowest BCUT2D eigenvalue weighted by Gasteiger charge is -2.24. The lowest BCUT2D eigenvalue weighted by Crippen LogP contribution is -2.36. The molecular formula is C10H21NO3. The van der Waals surface area contributed by atoms with Crippen LogP contribution in [0.3, 0.4) is 0 Å². The summed E-state index contributed by atoms with van der Waals surface area (Å²) in [6, 6.07) is 0. The normalized spacial score (nSPS) is 14.9. The molecule has 0 spiro atoms. The Bertz CT molecular complexity index is 173. The molecule has 0 aromatic rings. The second-order valence-electron chi connectivity index (χ2n) is 3.79. The number of methoxy groups -OCH3 is 1. The minimum absolute atomic E-state index is 0.206. The number of aliphatic hydroxyl groups is 1. The molecule has 0 aliphatic carbocycles. The molecule has 4 nitrogen and oxygen atoms in total. The number of ether oxygens (including phenoxy) is 1. The van der Waals surface area contributed by atoms with Gasteiger partial charge in [0.15, 0.2) is 0 Å². The highest BCUT2D eigenvalue weighted by Gasteiger charge is 2.31. The topological polar surface area (TPSA) is 72.5 Å². The Labute approximate surface area is 85.4 Å². The van der Waals surface area contributed by atoms with E-state index in [-0.39, 0.29) is 12.6 Å². The quantitative estimate of drug-likeness (QED) is 0.471. The van der Waals surface area contributed by atoms with Gasteiger partial charge in [-0.05, 0) is 19.8 Å². The summed E-state index contributed by atoms with van der Waals surface area (Å²) in [7, 11) is 1.38. The van der Waals surface area contributed by atoms with E-state index in [0.29, 0.717) is 6.54 Å². The third kappa shape index (κ3) is 4.07. The first-order valence-electron chi connectivity index (χ1n) is 5.00. The molecule has 0 saturated carbocycles. The van der Waals surface area contributed by atoms with Gasteiger partial charge < -0.3 is 15.6 Å². The van der Waals surface area contributed by atoms with E-state index in [4.69, 9.17) is 15.6 Å². The molecule has 0 aromatic heterocycles. The summed E-state index contributed by atoms with van der Waals surface area (Å²) in [6.45, 7) is 2.33. The molecule has 0 rings (SSSR count). The van der Waals surface area contributed by atoms with E-state index in [0.717, 1.165) is 25.7 Å². The molecule has 0 aromatic carbocycles. The fourth-order valence-electron chi connectivity index (χ4n) is 1.34. The molecule has 0 fully saturated rings. The smallest absolute Gasteiger partial charge is 0.312 e. The van der Waals surface area contributed by atoms with E-state index in [1.807, 2.05) is 6.92 Å². The molecule has 0 aliphatic rings. The van der Waals surface area contributed by atoms with Crippen molar-refractivity contribution in [2.24, 2.45) is 11.1 Å². The number of hydrogen-bond acceptors (Lipinski definition) is 4. The molecule has 1 atom stereocenters. The van der Waals surface area contributed by atoms with Gasteiger partial charge in [-0.1, -0.05) is 12.8 Å². The maximum atomic E-state index is 11.4. The Balaban J connectivity index is 3.93. The maximum absolute atomic E-state index is 11.4. The van der Waals surface area contributed by atoms with Crippen LogP contribution < -0.4 is 5.73 Å². The second-order valence-corrected chi connectivity index (χ2v) is 3.79. The largest absolute Gasteiger partial charge is 0.469 e. The summed E-state index contributed by atoms with van der Waals surface area (Å²) in [4.78, 5) is 11.4. The average Bonchev–Trinajstić information content (AvgIpc) is 2.22. The summed E-state index contributed by atoms with van der Waals surface area (Å²) >= 11 is 0. The number of unbranched alkanes of at least 4 members (excludes halogenated alkanes) is 2. The first-order chi connectivity index (χ1) is 6.60. The SMILES string of the molecule is COC(=O)C(C)(CN)CCCCCO. The van der Waals surface area contributed by atoms with Gasteiger partial charge in [-0.2, -0.15) is 0 Å². The van der Waals surface area contributed by atoms with Gasteiger partial charge in [0, 0.05) is 13.2 Å². The molecular weight excluding hydrogens is 182 g/mol. The van der Waals surface area contributed by atoms with Crippen LogP contribution >= 0.6 is 0 Å². The Morgan fingerprint density at radius 3 is 2.50 bits per heavy atom. The van der Waals surface area contributed by atoms with Crippen LogP contribution in [0.25, 0.3) is 0 Å². The zero-order chi connectivity index (χ0) is 11.0. The molecule has 0 saturated heterocycles. The van der Waals surface area contributed by atoms with Crippen LogP contribution in [0.2, 0.25) is 0 Å². The number of nitrogens with two attached hydrogens (primary N) is 1. The summed E-state index contributed by atoms with van der Waals surface area (Å²) in [5, 5.41) is 8.59. The van der Waals surface area contributed by atoms with Gasteiger partial charge in [-0.25, -0.2) is 0 Å². The van der Waals surface area contributed by atoms with Gasteiger partial charge in [0.25, 0.3) is 0 Å². The van der Waals surface area contributed by atoms with Crippen molar-refractivity contribution in [3.05, 3.63) is 0 Å². The van der Waals surface area contributed by atoms with Crippen LogP contribution in [-0.2, 0) is 9.53 Å². The molecule has 3 N–H and O–H groups in total. The number of rotatable bonds is 7. The third-order valence-electron chi connectivity index (χ3n) is 2.52. The minimum Gasteiger partial charge on any atom is -0.469 e. The summed E-state index contributed by atoms with van der Waals surface area (Å²) in [6.07, 6.45) is 3.31. The highest BCUT2D eigenvalue weighted by molar-refractivity contribution is 5.76. The third-order valence-corrected chi connectivity index (χ3v) is 2.52. The van der Waals surface area contributed by atoms with Crippen molar-refractivity contribution in [3.8, 4) is 0 Å². The number of carbonyl (C=O) groups excluding carboxylic acids is 1. The number of hydrogen-bond donors (Lipinski definition) is 2. The van der Waals surface area contributed by atoms with Crippen molar-refractivity contribution in [1.29, 1.82) is 0 Å². The highest BCUT2D eigenvalue weighted by Crippen LogP contribution is 2.24. The number of aliphatic hydroxyl groups excluding tert-OH is 1. The predicted molar refractivity (Wildman–Crippen MR) is 54.7 cm³/mol. The van der Waals surface area contributed by atoms with Gasteiger partial charge in [-0.3, -0.25) is 4.79 Å². The summed E-state index contributed by atoms with van der Waals surface area (Å²) in [5.41, 5.74) is 4.98. The highest BCUT2D eigenvalue weighted by atomic mass is 16.5. The monoisotopic (exact) mass is 203 g/mol. The van der Waals surface area contributed by atoms with Gasteiger partial charge in [0.05, 0.1) is 12.5 Å². The van der Waals surface area contributed by atoms with E-state index < -0.39 is 5.41 Å². The van der Waals surface area contributed by atoms with Gasteiger partial charge in [0.1, 0.15) is 0 Å². The van der Waals surface area contributed by atoms with Crippen LogP contribution in [0.1, 0.15) is 32.6 Å². The Hall–Kier alpha value is -0.610. The number of esters is 1. The van der Waals surface area contributed by atoms with E-state index in [2.05, 4.69) is 0 Å². The predicted octanol–water partition coefficient (Wildman–Crippen LogP) is 0.677. The molecule has 0 radical (unpaired) electrons. The van der Waals surface area contributed by atoms with Crippen LogP contribution in [0.4, 0.5) is 0 Å². The first kappa shape index (κ1) is 13.4. The van der Waals surface area contributed by atoms with Gasteiger partial charge in [-0.15, -0.1) is 0 Å². The molecule has 0 heterocycles. The molecule has 1 unspecified atom stereocenters. The summed E-state index contributed by atoms with van der Waals surface area (Å²) < 4.78 is 4.69. The molecule has 4 heteroatoms. The standard InChI is InChI=1S/C10H21NO3/c1-10(8-11,9(13)14-2)6-4-3-5-7-12/h12H,3-8,11H2,1-2H3. The lowest BCUT2D eigenvalue weighted by atomic mass is 9.85. The summed E-state index contributed by atoms with van der Waals surface area (Å²) in [5.74, 6) is -0.246. The molecule has 0 bridgehead atoms. The van der Waals surface area contributed by atoms with Gasteiger partial charge in [0.2, 0.25) is 0 Å². The van der Waals surface area contributed by atoms with Gasteiger partial charge >= 0.3 is 5.97 Å². The van der Waals surface area contributed by atoms with E-state index >= 15 is 0 Å². The molecule has 84 valence electrons.